The molecule has 1 saturated heterocycles. The molecule has 1 fully saturated rings. The summed E-state index contributed by atoms with van der Waals surface area (Å²) in [5.41, 5.74) is 1.12. The summed E-state index contributed by atoms with van der Waals surface area (Å²) in [4.78, 5) is 15.5. The first-order valence-electron chi connectivity index (χ1n) is 9.70. The van der Waals surface area contributed by atoms with E-state index < -0.39 is 0 Å². The zero-order valence-corrected chi connectivity index (χ0v) is 18.0. The Morgan fingerprint density at radius 3 is 2.86 bits per heavy atom. The van der Waals surface area contributed by atoms with Crippen molar-refractivity contribution in [1.82, 2.24) is 19.7 Å². The van der Waals surface area contributed by atoms with Crippen molar-refractivity contribution in [2.24, 2.45) is 0 Å². The van der Waals surface area contributed by atoms with Gasteiger partial charge in [0.25, 0.3) is 0 Å². The van der Waals surface area contributed by atoms with E-state index in [-0.39, 0.29) is 12.0 Å². The van der Waals surface area contributed by atoms with Gasteiger partial charge in [0.15, 0.2) is 11.0 Å². The summed E-state index contributed by atoms with van der Waals surface area (Å²) in [5, 5.41) is 11.6. The second-order valence-corrected chi connectivity index (χ2v) is 8.94. The third-order valence-electron chi connectivity index (χ3n) is 4.88. The molecule has 3 aromatic rings. The van der Waals surface area contributed by atoms with Crippen molar-refractivity contribution in [3.8, 4) is 10.7 Å². The molecule has 1 aliphatic rings. The Hall–Kier alpha value is -2.16. The molecule has 0 aliphatic carbocycles. The average Bonchev–Trinajstić information content (AvgIpc) is 3.50. The van der Waals surface area contributed by atoms with Gasteiger partial charge in [-0.05, 0) is 29.9 Å². The average molecular weight is 429 g/mol. The van der Waals surface area contributed by atoms with E-state index >= 15 is 0 Å². The molecule has 1 aliphatic heterocycles. The van der Waals surface area contributed by atoms with Gasteiger partial charge in [-0.2, -0.15) is 0 Å². The smallest absolute Gasteiger partial charge is 0.233 e. The van der Waals surface area contributed by atoms with Crippen LogP contribution in [-0.2, 0) is 22.6 Å². The van der Waals surface area contributed by atoms with Crippen LogP contribution in [0.5, 0.6) is 0 Å². The highest BCUT2D eigenvalue weighted by Crippen LogP contribution is 2.29. The molecule has 0 radical (unpaired) electrons. The van der Waals surface area contributed by atoms with Crippen LogP contribution in [0.4, 0.5) is 0 Å². The summed E-state index contributed by atoms with van der Waals surface area (Å²) >= 11 is 3.09. The van der Waals surface area contributed by atoms with E-state index in [1.807, 2.05) is 54.9 Å². The van der Waals surface area contributed by atoms with Crippen molar-refractivity contribution in [3.63, 3.8) is 0 Å². The van der Waals surface area contributed by atoms with Gasteiger partial charge in [-0.15, -0.1) is 21.5 Å². The van der Waals surface area contributed by atoms with Crippen LogP contribution in [0.1, 0.15) is 18.4 Å². The van der Waals surface area contributed by atoms with Gasteiger partial charge in [-0.3, -0.25) is 9.36 Å². The zero-order chi connectivity index (χ0) is 20.1. The van der Waals surface area contributed by atoms with Gasteiger partial charge in [-0.25, -0.2) is 0 Å². The Kier molecular flexibility index (Phi) is 6.63. The zero-order valence-electron chi connectivity index (χ0n) is 16.4. The normalized spacial score (nSPS) is 16.2. The number of aromatic nitrogens is 3. The highest BCUT2D eigenvalue weighted by atomic mass is 32.2. The minimum atomic E-state index is 0.0724. The second-order valence-electron chi connectivity index (χ2n) is 7.05. The van der Waals surface area contributed by atoms with E-state index in [9.17, 15) is 4.79 Å². The van der Waals surface area contributed by atoms with E-state index in [0.717, 1.165) is 47.4 Å². The largest absolute Gasteiger partial charge is 0.376 e. The fourth-order valence-corrected chi connectivity index (χ4v) is 4.93. The van der Waals surface area contributed by atoms with E-state index in [1.54, 1.807) is 16.2 Å². The van der Waals surface area contributed by atoms with E-state index in [0.29, 0.717) is 12.3 Å². The summed E-state index contributed by atoms with van der Waals surface area (Å²) in [6.45, 7) is 2.13. The highest BCUT2D eigenvalue weighted by Gasteiger charge is 2.23. The molecule has 0 bridgehead atoms. The highest BCUT2D eigenvalue weighted by molar-refractivity contribution is 7.99. The third-order valence-corrected chi connectivity index (χ3v) is 6.70. The van der Waals surface area contributed by atoms with Crippen LogP contribution in [0.25, 0.3) is 10.7 Å². The summed E-state index contributed by atoms with van der Waals surface area (Å²) < 4.78 is 7.93. The van der Waals surface area contributed by atoms with Crippen molar-refractivity contribution in [2.75, 3.05) is 19.4 Å². The maximum atomic E-state index is 12.6. The van der Waals surface area contributed by atoms with Crippen molar-refractivity contribution < 1.29 is 9.53 Å². The van der Waals surface area contributed by atoms with Gasteiger partial charge in [0.05, 0.1) is 23.3 Å². The number of nitrogens with zero attached hydrogens (tertiary/aromatic N) is 4. The molecule has 2 aromatic heterocycles. The van der Waals surface area contributed by atoms with E-state index in [2.05, 4.69) is 14.8 Å². The van der Waals surface area contributed by atoms with Crippen LogP contribution in [0.3, 0.4) is 0 Å². The third kappa shape index (κ3) is 5.07. The molecule has 3 heterocycles. The predicted octanol–water partition coefficient (Wildman–Crippen LogP) is 3.94. The van der Waals surface area contributed by atoms with Gasteiger partial charge in [-0.1, -0.05) is 48.2 Å². The molecule has 1 unspecified atom stereocenters. The minimum Gasteiger partial charge on any atom is -0.376 e. The number of ether oxygens (including phenoxy) is 1. The van der Waals surface area contributed by atoms with Crippen molar-refractivity contribution in [3.05, 3.63) is 53.4 Å². The number of amides is 1. The number of hydrogen-bond donors (Lipinski definition) is 0. The molecule has 0 saturated carbocycles. The number of rotatable bonds is 8. The lowest BCUT2D eigenvalue weighted by Gasteiger charge is -2.17. The van der Waals surface area contributed by atoms with E-state index in [1.165, 1.54) is 11.8 Å². The Labute approximate surface area is 178 Å². The van der Waals surface area contributed by atoms with Gasteiger partial charge in [0.1, 0.15) is 0 Å². The standard InChI is InChI=1S/C21H24N4O2S2/c1-24(13-16-7-3-2-4-8-16)19(26)15-29-21-23-22-20(18-10-6-12-28-18)25(21)14-17-9-5-11-27-17/h2-4,6-8,10,12,17H,5,9,11,13-15H2,1H3. The van der Waals surface area contributed by atoms with Crippen molar-refractivity contribution in [2.45, 2.75) is 37.2 Å². The maximum absolute atomic E-state index is 12.6. The molecule has 8 heteroatoms. The molecule has 0 N–H and O–H groups in total. The molecule has 6 nitrogen and oxygen atoms in total. The molecule has 1 amide bonds. The van der Waals surface area contributed by atoms with Crippen molar-refractivity contribution >= 4 is 29.0 Å². The van der Waals surface area contributed by atoms with Gasteiger partial charge < -0.3 is 9.64 Å². The first kappa shape index (κ1) is 20.1. The molecule has 1 aromatic carbocycles. The number of carbonyl (C=O) groups excluding carboxylic acids is 1. The Balaban J connectivity index is 1.44. The SMILES string of the molecule is CN(Cc1ccccc1)C(=O)CSc1nnc(-c2cccs2)n1CC1CCCO1. The predicted molar refractivity (Wildman–Crippen MR) is 116 cm³/mol. The number of thiophene rings is 1. The summed E-state index contributed by atoms with van der Waals surface area (Å²) in [5.74, 6) is 1.25. The number of benzene rings is 1. The summed E-state index contributed by atoms with van der Waals surface area (Å²) in [6, 6.07) is 14.1. The number of carbonyl (C=O) groups is 1. The number of hydrogen-bond acceptors (Lipinski definition) is 6. The second kappa shape index (κ2) is 9.56. The first-order valence-corrected chi connectivity index (χ1v) is 11.6. The van der Waals surface area contributed by atoms with Gasteiger partial charge in [0, 0.05) is 20.2 Å². The van der Waals surface area contributed by atoms with Crippen LogP contribution >= 0.6 is 23.1 Å². The lowest BCUT2D eigenvalue weighted by atomic mass is 10.2. The number of thioether (sulfide) groups is 1. The molecule has 4 rings (SSSR count). The molecule has 1 atom stereocenters. The van der Waals surface area contributed by atoms with Gasteiger partial charge in [0.2, 0.25) is 5.91 Å². The fraction of sp³-hybridized carbons (Fsp3) is 0.381. The first-order chi connectivity index (χ1) is 14.2. The van der Waals surface area contributed by atoms with E-state index in [4.69, 9.17) is 4.74 Å². The molecular formula is C21H24N4O2S2. The summed E-state index contributed by atoms with van der Waals surface area (Å²) in [6.07, 6.45) is 2.32. The topological polar surface area (TPSA) is 60.2 Å². The Morgan fingerprint density at radius 1 is 1.28 bits per heavy atom. The molecular weight excluding hydrogens is 404 g/mol. The van der Waals surface area contributed by atoms with Crippen LogP contribution in [0.2, 0.25) is 0 Å². The molecule has 152 valence electrons. The maximum Gasteiger partial charge on any atom is 0.233 e. The van der Waals surface area contributed by atoms with Crippen molar-refractivity contribution in [1.29, 1.82) is 0 Å². The lowest BCUT2D eigenvalue weighted by molar-refractivity contribution is -0.127. The van der Waals surface area contributed by atoms with Crippen LogP contribution < -0.4 is 0 Å². The summed E-state index contributed by atoms with van der Waals surface area (Å²) in [7, 11) is 1.84. The monoisotopic (exact) mass is 428 g/mol. The van der Waals surface area contributed by atoms with Crippen LogP contribution in [-0.4, -0.2) is 51.1 Å². The van der Waals surface area contributed by atoms with Crippen LogP contribution in [0.15, 0.2) is 53.0 Å². The lowest BCUT2D eigenvalue weighted by Crippen LogP contribution is -2.28. The van der Waals surface area contributed by atoms with Crippen LogP contribution in [0, 0.1) is 0 Å². The molecule has 29 heavy (non-hydrogen) atoms. The van der Waals surface area contributed by atoms with Gasteiger partial charge >= 0.3 is 0 Å². The fourth-order valence-electron chi connectivity index (χ4n) is 3.32. The Bertz CT molecular complexity index is 922. The minimum absolute atomic E-state index is 0.0724. The Morgan fingerprint density at radius 2 is 2.14 bits per heavy atom. The quantitative estimate of drug-likeness (QED) is 0.509. The molecule has 0 spiro atoms.